The number of benzene rings is 2. The van der Waals surface area contributed by atoms with E-state index in [0.29, 0.717) is 20.9 Å². The molecule has 3 aromatic rings. The van der Waals surface area contributed by atoms with Crippen LogP contribution in [0.2, 0.25) is 10.0 Å². The lowest BCUT2D eigenvalue weighted by Gasteiger charge is -2.07. The normalized spacial score (nSPS) is 10.5. The fourth-order valence-corrected chi connectivity index (χ4v) is 3.28. The van der Waals surface area contributed by atoms with Gasteiger partial charge in [-0.15, -0.1) is 11.3 Å². The number of amides is 1. The lowest BCUT2D eigenvalue weighted by atomic mass is 10.1. The Bertz CT molecular complexity index is 894. The summed E-state index contributed by atoms with van der Waals surface area (Å²) >= 11 is 13.2. The quantitative estimate of drug-likeness (QED) is 0.628. The number of carbonyl (C=O) groups is 1. The van der Waals surface area contributed by atoms with Gasteiger partial charge in [0.1, 0.15) is 5.75 Å². The highest BCUT2D eigenvalue weighted by Gasteiger charge is 2.10. The predicted octanol–water partition coefficient (Wildman–Crippen LogP) is 5.44. The highest BCUT2D eigenvalue weighted by Crippen LogP contribution is 2.28. The lowest BCUT2D eigenvalue weighted by molar-refractivity contribution is -0.118. The van der Waals surface area contributed by atoms with Crippen molar-refractivity contribution in [2.24, 2.45) is 0 Å². The number of thiazole rings is 1. The second-order valence-electron chi connectivity index (χ2n) is 5.32. The Morgan fingerprint density at radius 1 is 1.20 bits per heavy atom. The number of rotatable bonds is 5. The third-order valence-electron chi connectivity index (χ3n) is 3.35. The minimum absolute atomic E-state index is 0.166. The summed E-state index contributed by atoms with van der Waals surface area (Å²) in [5.74, 6) is 0.0940. The molecule has 1 heterocycles. The third kappa shape index (κ3) is 4.72. The minimum atomic E-state index is -0.309. The van der Waals surface area contributed by atoms with Crippen molar-refractivity contribution in [3.05, 3.63) is 63.5 Å². The summed E-state index contributed by atoms with van der Waals surface area (Å²) < 4.78 is 5.40. The zero-order chi connectivity index (χ0) is 17.8. The second-order valence-corrected chi connectivity index (χ2v) is 7.02. The van der Waals surface area contributed by atoms with Gasteiger partial charge in [0.15, 0.2) is 11.7 Å². The van der Waals surface area contributed by atoms with Crippen LogP contribution in [0.5, 0.6) is 5.75 Å². The van der Waals surface area contributed by atoms with E-state index in [4.69, 9.17) is 27.9 Å². The molecule has 25 heavy (non-hydrogen) atoms. The summed E-state index contributed by atoms with van der Waals surface area (Å²) in [5, 5.41) is 6.00. The summed E-state index contributed by atoms with van der Waals surface area (Å²) in [6.45, 7) is 1.87. The monoisotopic (exact) mass is 392 g/mol. The van der Waals surface area contributed by atoms with Gasteiger partial charge < -0.3 is 4.74 Å². The number of aromatic nitrogens is 1. The highest BCUT2D eigenvalue weighted by molar-refractivity contribution is 7.14. The maximum atomic E-state index is 12.0. The molecular weight excluding hydrogens is 379 g/mol. The predicted molar refractivity (Wildman–Crippen MR) is 103 cm³/mol. The van der Waals surface area contributed by atoms with Gasteiger partial charge in [0.2, 0.25) is 0 Å². The van der Waals surface area contributed by atoms with Crippen LogP contribution < -0.4 is 10.1 Å². The van der Waals surface area contributed by atoms with Crippen LogP contribution in [0.1, 0.15) is 5.56 Å². The lowest BCUT2D eigenvalue weighted by Crippen LogP contribution is -2.20. The Labute approximate surface area is 159 Å². The SMILES string of the molecule is Cc1ccc(-c2csc(NC(=O)COc3ccc(Cl)cc3Cl)n2)cc1. The number of nitrogens with zero attached hydrogens (tertiary/aromatic N) is 1. The summed E-state index contributed by atoms with van der Waals surface area (Å²) in [6, 6.07) is 12.9. The number of hydrogen-bond acceptors (Lipinski definition) is 4. The van der Waals surface area contributed by atoms with Crippen LogP contribution in [0.25, 0.3) is 11.3 Å². The number of aryl methyl sites for hydroxylation is 1. The zero-order valence-electron chi connectivity index (χ0n) is 13.3. The van der Waals surface area contributed by atoms with E-state index in [1.807, 2.05) is 36.6 Å². The summed E-state index contributed by atoms with van der Waals surface area (Å²) in [5.41, 5.74) is 3.01. The van der Waals surface area contributed by atoms with Crippen LogP contribution in [0, 0.1) is 6.92 Å². The van der Waals surface area contributed by atoms with Crippen molar-refractivity contribution >= 4 is 45.6 Å². The van der Waals surface area contributed by atoms with Gasteiger partial charge in [-0.25, -0.2) is 4.98 Å². The molecule has 0 saturated heterocycles. The number of anilines is 1. The van der Waals surface area contributed by atoms with Gasteiger partial charge in [0, 0.05) is 16.0 Å². The highest BCUT2D eigenvalue weighted by atomic mass is 35.5. The number of carbonyl (C=O) groups excluding carboxylic acids is 1. The van der Waals surface area contributed by atoms with Crippen LogP contribution in [-0.4, -0.2) is 17.5 Å². The molecule has 0 atom stereocenters. The van der Waals surface area contributed by atoms with E-state index < -0.39 is 0 Å². The van der Waals surface area contributed by atoms with Crippen molar-refractivity contribution in [1.82, 2.24) is 4.98 Å². The van der Waals surface area contributed by atoms with Gasteiger partial charge in [0.25, 0.3) is 5.91 Å². The van der Waals surface area contributed by atoms with Crippen molar-refractivity contribution in [2.45, 2.75) is 6.92 Å². The standard InChI is InChI=1S/C18H14Cl2N2O2S/c1-11-2-4-12(5-3-11)15-10-25-18(21-15)22-17(23)9-24-16-7-6-13(19)8-14(16)20/h2-8,10H,9H2,1H3,(H,21,22,23). The molecule has 0 aliphatic heterocycles. The van der Waals surface area contributed by atoms with E-state index in [0.717, 1.165) is 11.3 Å². The van der Waals surface area contributed by atoms with E-state index in [9.17, 15) is 4.79 Å². The zero-order valence-corrected chi connectivity index (χ0v) is 15.6. The molecule has 128 valence electrons. The summed E-state index contributed by atoms with van der Waals surface area (Å²) in [6.07, 6.45) is 0. The first-order valence-electron chi connectivity index (χ1n) is 7.41. The first-order valence-corrected chi connectivity index (χ1v) is 9.05. The van der Waals surface area contributed by atoms with Gasteiger partial charge in [-0.3, -0.25) is 10.1 Å². The largest absolute Gasteiger partial charge is 0.482 e. The van der Waals surface area contributed by atoms with Crippen molar-refractivity contribution < 1.29 is 9.53 Å². The molecule has 0 saturated carbocycles. The Morgan fingerprint density at radius 2 is 1.96 bits per heavy atom. The number of halogens is 2. The van der Waals surface area contributed by atoms with Gasteiger partial charge >= 0.3 is 0 Å². The molecular formula is C18H14Cl2N2O2S. The molecule has 1 amide bonds. The van der Waals surface area contributed by atoms with Crippen molar-refractivity contribution in [2.75, 3.05) is 11.9 Å². The second kappa shape index (κ2) is 7.87. The van der Waals surface area contributed by atoms with Crippen LogP contribution in [-0.2, 0) is 4.79 Å². The molecule has 7 heteroatoms. The smallest absolute Gasteiger partial charge is 0.264 e. The van der Waals surface area contributed by atoms with E-state index in [2.05, 4.69) is 10.3 Å². The average molecular weight is 393 g/mol. The fraction of sp³-hybridized carbons (Fsp3) is 0.111. The first-order chi connectivity index (χ1) is 12.0. The van der Waals surface area contributed by atoms with Crippen LogP contribution in [0.4, 0.5) is 5.13 Å². The van der Waals surface area contributed by atoms with E-state index in [-0.39, 0.29) is 12.5 Å². The van der Waals surface area contributed by atoms with E-state index >= 15 is 0 Å². The van der Waals surface area contributed by atoms with E-state index in [1.54, 1.807) is 18.2 Å². The molecule has 0 radical (unpaired) electrons. The van der Waals surface area contributed by atoms with Gasteiger partial charge in [-0.05, 0) is 25.1 Å². The van der Waals surface area contributed by atoms with Crippen molar-refractivity contribution in [3.63, 3.8) is 0 Å². The number of hydrogen-bond donors (Lipinski definition) is 1. The molecule has 0 bridgehead atoms. The van der Waals surface area contributed by atoms with Crippen LogP contribution in [0.15, 0.2) is 47.8 Å². The maximum absolute atomic E-state index is 12.0. The Morgan fingerprint density at radius 3 is 2.68 bits per heavy atom. The molecule has 3 rings (SSSR count). The Hall–Kier alpha value is -2.08. The number of ether oxygens (including phenoxy) is 1. The maximum Gasteiger partial charge on any atom is 0.264 e. The number of nitrogens with one attached hydrogen (secondary N) is 1. The summed E-state index contributed by atoms with van der Waals surface area (Å²) in [7, 11) is 0. The topological polar surface area (TPSA) is 51.2 Å². The molecule has 0 unspecified atom stereocenters. The minimum Gasteiger partial charge on any atom is -0.482 e. The van der Waals surface area contributed by atoms with Crippen LogP contribution >= 0.6 is 34.5 Å². The van der Waals surface area contributed by atoms with Gasteiger partial charge in [0.05, 0.1) is 10.7 Å². The van der Waals surface area contributed by atoms with Crippen LogP contribution in [0.3, 0.4) is 0 Å². The molecule has 0 aliphatic rings. The molecule has 1 aromatic heterocycles. The van der Waals surface area contributed by atoms with Crippen molar-refractivity contribution in [1.29, 1.82) is 0 Å². The Kier molecular flexibility index (Phi) is 5.58. The third-order valence-corrected chi connectivity index (χ3v) is 4.64. The molecule has 0 aliphatic carbocycles. The molecule has 0 fully saturated rings. The van der Waals surface area contributed by atoms with E-state index in [1.165, 1.54) is 16.9 Å². The fourth-order valence-electron chi connectivity index (χ4n) is 2.08. The first kappa shape index (κ1) is 17.7. The molecule has 0 spiro atoms. The van der Waals surface area contributed by atoms with Gasteiger partial charge in [-0.2, -0.15) is 0 Å². The Balaban J connectivity index is 1.59. The molecule has 2 aromatic carbocycles. The van der Waals surface area contributed by atoms with Crippen molar-refractivity contribution in [3.8, 4) is 17.0 Å². The molecule has 1 N–H and O–H groups in total. The average Bonchev–Trinajstić information content (AvgIpc) is 3.03. The molecule has 4 nitrogen and oxygen atoms in total. The van der Waals surface area contributed by atoms with Gasteiger partial charge in [-0.1, -0.05) is 53.0 Å². The summed E-state index contributed by atoms with van der Waals surface area (Å²) in [4.78, 5) is 16.4.